The van der Waals surface area contributed by atoms with Crippen LogP contribution in [0.3, 0.4) is 0 Å². The van der Waals surface area contributed by atoms with Crippen LogP contribution < -0.4 is 14.8 Å². The molecule has 0 spiro atoms. The second kappa shape index (κ2) is 8.02. The SMILES string of the molecule is CCCNC(CN(C)C)c1c(OC)cccc1OC. The number of benzene rings is 1. The van der Waals surface area contributed by atoms with Gasteiger partial charge in [-0.1, -0.05) is 13.0 Å². The molecule has 19 heavy (non-hydrogen) atoms. The first-order valence-corrected chi connectivity index (χ1v) is 6.73. The summed E-state index contributed by atoms with van der Waals surface area (Å²) in [5.74, 6) is 1.74. The quantitative estimate of drug-likeness (QED) is 0.783. The minimum Gasteiger partial charge on any atom is -0.496 e. The Kier molecular flexibility index (Phi) is 6.67. The number of ether oxygens (including phenoxy) is 2. The van der Waals surface area contributed by atoms with Crippen LogP contribution in [0.1, 0.15) is 24.9 Å². The summed E-state index contributed by atoms with van der Waals surface area (Å²) >= 11 is 0. The van der Waals surface area contributed by atoms with Crippen LogP contribution in [0.2, 0.25) is 0 Å². The van der Waals surface area contributed by atoms with E-state index in [-0.39, 0.29) is 6.04 Å². The highest BCUT2D eigenvalue weighted by Crippen LogP contribution is 2.34. The van der Waals surface area contributed by atoms with Crippen molar-refractivity contribution < 1.29 is 9.47 Å². The van der Waals surface area contributed by atoms with Crippen LogP contribution in [0.4, 0.5) is 0 Å². The van der Waals surface area contributed by atoms with Crippen molar-refractivity contribution in [1.82, 2.24) is 10.2 Å². The van der Waals surface area contributed by atoms with Crippen LogP contribution >= 0.6 is 0 Å². The molecule has 0 aromatic heterocycles. The first kappa shape index (κ1) is 15.8. The summed E-state index contributed by atoms with van der Waals surface area (Å²) in [4.78, 5) is 2.17. The lowest BCUT2D eigenvalue weighted by Crippen LogP contribution is -2.32. The van der Waals surface area contributed by atoms with E-state index in [1.165, 1.54) is 0 Å². The molecule has 1 atom stereocenters. The van der Waals surface area contributed by atoms with Crippen molar-refractivity contribution >= 4 is 0 Å². The van der Waals surface area contributed by atoms with Gasteiger partial charge < -0.3 is 19.7 Å². The van der Waals surface area contributed by atoms with Crippen LogP contribution in [-0.2, 0) is 0 Å². The zero-order chi connectivity index (χ0) is 14.3. The molecule has 1 aromatic carbocycles. The molecule has 0 heterocycles. The molecule has 0 fully saturated rings. The van der Waals surface area contributed by atoms with E-state index in [1.54, 1.807) is 14.2 Å². The van der Waals surface area contributed by atoms with E-state index >= 15 is 0 Å². The van der Waals surface area contributed by atoms with Crippen molar-refractivity contribution in [2.24, 2.45) is 0 Å². The van der Waals surface area contributed by atoms with Crippen LogP contribution in [0.15, 0.2) is 18.2 Å². The molecular formula is C15H26N2O2. The van der Waals surface area contributed by atoms with Crippen LogP contribution in [0.5, 0.6) is 11.5 Å². The molecule has 0 aliphatic carbocycles. The highest BCUT2D eigenvalue weighted by atomic mass is 16.5. The summed E-state index contributed by atoms with van der Waals surface area (Å²) in [5.41, 5.74) is 1.09. The summed E-state index contributed by atoms with van der Waals surface area (Å²) in [7, 11) is 7.54. The average molecular weight is 266 g/mol. The number of hydrogen-bond acceptors (Lipinski definition) is 4. The van der Waals surface area contributed by atoms with Gasteiger partial charge in [-0.05, 0) is 39.2 Å². The minimum absolute atomic E-state index is 0.195. The predicted molar refractivity (Wildman–Crippen MR) is 79.1 cm³/mol. The number of likely N-dealkylation sites (N-methyl/N-ethyl adjacent to an activating group) is 1. The average Bonchev–Trinajstić information content (AvgIpc) is 2.42. The Balaban J connectivity index is 3.10. The molecule has 1 rings (SSSR count). The molecule has 0 bridgehead atoms. The summed E-state index contributed by atoms with van der Waals surface area (Å²) in [6.07, 6.45) is 1.10. The van der Waals surface area contributed by atoms with Crippen molar-refractivity contribution in [3.05, 3.63) is 23.8 Å². The van der Waals surface area contributed by atoms with Gasteiger partial charge in [-0.3, -0.25) is 0 Å². The van der Waals surface area contributed by atoms with Gasteiger partial charge in [0.15, 0.2) is 0 Å². The highest BCUT2D eigenvalue weighted by Gasteiger charge is 2.20. The smallest absolute Gasteiger partial charge is 0.127 e. The molecule has 0 radical (unpaired) electrons. The fourth-order valence-electron chi connectivity index (χ4n) is 2.16. The van der Waals surface area contributed by atoms with Crippen molar-refractivity contribution in [2.75, 3.05) is 41.4 Å². The predicted octanol–water partition coefficient (Wildman–Crippen LogP) is 2.31. The minimum atomic E-state index is 0.195. The van der Waals surface area contributed by atoms with Gasteiger partial charge in [0.2, 0.25) is 0 Å². The summed E-state index contributed by atoms with van der Waals surface area (Å²) < 4.78 is 11.0. The second-order valence-corrected chi connectivity index (χ2v) is 4.85. The fourth-order valence-corrected chi connectivity index (χ4v) is 2.16. The molecule has 1 N–H and O–H groups in total. The second-order valence-electron chi connectivity index (χ2n) is 4.85. The third kappa shape index (κ3) is 4.40. The zero-order valence-electron chi connectivity index (χ0n) is 12.7. The summed E-state index contributed by atoms with van der Waals surface area (Å²) in [6, 6.07) is 6.11. The van der Waals surface area contributed by atoms with Gasteiger partial charge in [-0.15, -0.1) is 0 Å². The van der Waals surface area contributed by atoms with E-state index in [1.807, 2.05) is 18.2 Å². The third-order valence-electron chi connectivity index (χ3n) is 3.00. The Morgan fingerprint density at radius 3 is 2.16 bits per heavy atom. The molecule has 1 unspecified atom stereocenters. The van der Waals surface area contributed by atoms with E-state index in [0.717, 1.165) is 36.6 Å². The molecular weight excluding hydrogens is 240 g/mol. The van der Waals surface area contributed by atoms with Crippen LogP contribution in [0.25, 0.3) is 0 Å². The maximum Gasteiger partial charge on any atom is 0.127 e. The van der Waals surface area contributed by atoms with E-state index < -0.39 is 0 Å². The van der Waals surface area contributed by atoms with Gasteiger partial charge in [-0.2, -0.15) is 0 Å². The molecule has 1 aromatic rings. The molecule has 0 saturated heterocycles. The van der Waals surface area contributed by atoms with E-state index in [4.69, 9.17) is 9.47 Å². The largest absolute Gasteiger partial charge is 0.496 e. The lowest BCUT2D eigenvalue weighted by atomic mass is 10.0. The Morgan fingerprint density at radius 1 is 1.16 bits per heavy atom. The number of methoxy groups -OCH3 is 2. The Labute approximate surface area is 116 Å². The standard InChI is InChI=1S/C15H26N2O2/c1-6-10-16-12(11-17(2)3)15-13(18-4)8-7-9-14(15)19-5/h7-9,12,16H,6,10-11H2,1-5H3. The molecule has 0 amide bonds. The Morgan fingerprint density at radius 2 is 1.74 bits per heavy atom. The van der Waals surface area contributed by atoms with E-state index in [2.05, 4.69) is 31.2 Å². The maximum atomic E-state index is 5.49. The van der Waals surface area contributed by atoms with Crippen molar-refractivity contribution in [3.63, 3.8) is 0 Å². The monoisotopic (exact) mass is 266 g/mol. The van der Waals surface area contributed by atoms with Crippen LogP contribution in [0, 0.1) is 0 Å². The Bertz CT molecular complexity index is 358. The normalized spacial score (nSPS) is 12.5. The van der Waals surface area contributed by atoms with E-state index in [0.29, 0.717) is 0 Å². The molecule has 4 nitrogen and oxygen atoms in total. The van der Waals surface area contributed by atoms with Gasteiger partial charge >= 0.3 is 0 Å². The van der Waals surface area contributed by atoms with Crippen molar-refractivity contribution in [2.45, 2.75) is 19.4 Å². The lowest BCUT2D eigenvalue weighted by molar-refractivity contribution is 0.319. The fraction of sp³-hybridized carbons (Fsp3) is 0.600. The molecule has 0 aliphatic rings. The topological polar surface area (TPSA) is 33.7 Å². The Hall–Kier alpha value is -1.26. The number of rotatable bonds is 8. The summed E-state index contributed by atoms with van der Waals surface area (Å²) in [6.45, 7) is 4.04. The molecule has 108 valence electrons. The van der Waals surface area contributed by atoms with Crippen molar-refractivity contribution in [1.29, 1.82) is 0 Å². The highest BCUT2D eigenvalue weighted by molar-refractivity contribution is 5.47. The maximum absolute atomic E-state index is 5.49. The first-order chi connectivity index (χ1) is 9.13. The molecule has 0 aliphatic heterocycles. The molecule has 0 saturated carbocycles. The zero-order valence-corrected chi connectivity index (χ0v) is 12.7. The van der Waals surface area contributed by atoms with Gasteiger partial charge in [0.25, 0.3) is 0 Å². The molecule has 4 heteroatoms. The van der Waals surface area contributed by atoms with Crippen LogP contribution in [-0.4, -0.2) is 46.3 Å². The van der Waals surface area contributed by atoms with Gasteiger partial charge in [0, 0.05) is 6.54 Å². The third-order valence-corrected chi connectivity index (χ3v) is 3.00. The number of nitrogens with zero attached hydrogens (tertiary/aromatic N) is 1. The van der Waals surface area contributed by atoms with Crippen molar-refractivity contribution in [3.8, 4) is 11.5 Å². The number of nitrogens with one attached hydrogen (secondary N) is 1. The number of hydrogen-bond donors (Lipinski definition) is 1. The van der Waals surface area contributed by atoms with Gasteiger partial charge in [0.05, 0.1) is 25.8 Å². The van der Waals surface area contributed by atoms with Gasteiger partial charge in [-0.25, -0.2) is 0 Å². The van der Waals surface area contributed by atoms with Gasteiger partial charge in [0.1, 0.15) is 11.5 Å². The summed E-state index contributed by atoms with van der Waals surface area (Å²) in [5, 5.41) is 3.56. The first-order valence-electron chi connectivity index (χ1n) is 6.73. The van der Waals surface area contributed by atoms with E-state index in [9.17, 15) is 0 Å². The lowest BCUT2D eigenvalue weighted by Gasteiger charge is -2.26.